The van der Waals surface area contributed by atoms with Crippen molar-refractivity contribution >= 4 is 0 Å². The number of nitrogens with one attached hydrogen (secondary N) is 1. The third kappa shape index (κ3) is 29.8. The van der Waals surface area contributed by atoms with Gasteiger partial charge in [-0.05, 0) is 6.54 Å². The van der Waals surface area contributed by atoms with Crippen molar-refractivity contribution in [1.29, 1.82) is 0 Å². The van der Waals surface area contributed by atoms with E-state index in [9.17, 15) is 13.2 Å². The zero-order valence-corrected chi connectivity index (χ0v) is 9.66. The van der Waals surface area contributed by atoms with Crippen molar-refractivity contribution in [3.8, 4) is 0 Å². The molecule has 90 valence electrons. The van der Waals surface area contributed by atoms with Gasteiger partial charge in [0.15, 0.2) is 0 Å². The quantitative estimate of drug-likeness (QED) is 0.730. The van der Waals surface area contributed by atoms with Gasteiger partial charge in [-0.3, -0.25) is 4.74 Å². The van der Waals surface area contributed by atoms with Crippen LogP contribution in [0, 0.1) is 0 Å². The molecule has 0 saturated heterocycles. The van der Waals surface area contributed by atoms with Gasteiger partial charge in [-0.15, -0.1) is 13.2 Å². The summed E-state index contributed by atoms with van der Waals surface area (Å²) in [6.07, 6.45) is -4.49. The number of hydrogen-bond acceptors (Lipinski definition) is 2. The topological polar surface area (TPSA) is 21.3 Å². The van der Waals surface area contributed by atoms with Gasteiger partial charge < -0.3 is 5.32 Å². The molecule has 14 heavy (non-hydrogen) atoms. The van der Waals surface area contributed by atoms with Crippen LogP contribution in [-0.2, 0) is 4.74 Å². The highest BCUT2D eigenvalue weighted by Gasteiger charge is 2.28. The van der Waals surface area contributed by atoms with E-state index in [0.29, 0.717) is 6.54 Å². The van der Waals surface area contributed by atoms with Gasteiger partial charge in [0.05, 0.1) is 6.61 Å². The van der Waals surface area contributed by atoms with Gasteiger partial charge in [-0.1, -0.05) is 34.6 Å². The van der Waals surface area contributed by atoms with Crippen LogP contribution in [0.1, 0.15) is 34.6 Å². The van der Waals surface area contributed by atoms with Crippen LogP contribution in [0.25, 0.3) is 0 Å². The third-order valence-electron chi connectivity index (χ3n) is 0.795. The second-order valence-corrected chi connectivity index (χ2v) is 1.65. The number of rotatable bonds is 4. The lowest BCUT2D eigenvalue weighted by Crippen LogP contribution is -2.23. The monoisotopic (exact) mass is 217 g/mol. The van der Waals surface area contributed by atoms with E-state index < -0.39 is 6.36 Å². The van der Waals surface area contributed by atoms with Crippen LogP contribution in [-0.4, -0.2) is 26.1 Å². The van der Waals surface area contributed by atoms with E-state index in [1.54, 1.807) is 0 Å². The summed E-state index contributed by atoms with van der Waals surface area (Å²) in [5.74, 6) is 0. The fourth-order valence-corrected chi connectivity index (χ4v) is 0.416. The third-order valence-corrected chi connectivity index (χ3v) is 0.795. The maximum absolute atomic E-state index is 11.2. The van der Waals surface area contributed by atoms with Crippen LogP contribution in [0.4, 0.5) is 13.2 Å². The molecule has 0 fully saturated rings. The Hall–Kier alpha value is -0.290. The van der Waals surface area contributed by atoms with Gasteiger partial charge in [-0.25, -0.2) is 0 Å². The van der Waals surface area contributed by atoms with Gasteiger partial charge in [0.1, 0.15) is 0 Å². The van der Waals surface area contributed by atoms with Crippen molar-refractivity contribution in [2.75, 3.05) is 19.7 Å². The first-order valence-electron chi connectivity index (χ1n) is 4.97. The summed E-state index contributed by atoms with van der Waals surface area (Å²) in [4.78, 5) is 0. The first-order valence-corrected chi connectivity index (χ1v) is 4.97. The Bertz CT molecular complexity index is 86.6. The van der Waals surface area contributed by atoms with Crippen molar-refractivity contribution in [3.05, 3.63) is 0 Å². The summed E-state index contributed by atoms with van der Waals surface area (Å²) in [5.41, 5.74) is 0. The van der Waals surface area contributed by atoms with E-state index in [2.05, 4.69) is 10.1 Å². The molecule has 0 aliphatic heterocycles. The molecule has 0 aromatic carbocycles. The largest absolute Gasteiger partial charge is 0.522 e. The molecule has 0 aliphatic rings. The summed E-state index contributed by atoms with van der Waals surface area (Å²) >= 11 is 0. The Kier molecular flexibility index (Phi) is 21.0. The Labute approximate surface area is 84.8 Å². The molecule has 0 bridgehead atoms. The molecule has 2 nitrogen and oxygen atoms in total. The minimum Gasteiger partial charge on any atom is -0.315 e. The summed E-state index contributed by atoms with van der Waals surface area (Å²) in [7, 11) is 0. The highest BCUT2D eigenvalue weighted by molar-refractivity contribution is 4.40. The minimum absolute atomic E-state index is 0.232. The lowest BCUT2D eigenvalue weighted by Gasteiger charge is -2.06. The van der Waals surface area contributed by atoms with Crippen LogP contribution in [0.3, 0.4) is 0 Å². The molecule has 0 heterocycles. The number of likely N-dealkylation sites (N-methyl/N-ethyl adjacent to an activating group) is 1. The number of hydrogen-bond donors (Lipinski definition) is 1. The molecule has 0 aliphatic carbocycles. The highest BCUT2D eigenvalue weighted by Crippen LogP contribution is 2.14. The normalized spacial score (nSPS) is 9.43. The maximum atomic E-state index is 11.2. The average molecular weight is 217 g/mol. The molecule has 0 radical (unpaired) electrons. The molecule has 0 aromatic rings. The molecule has 0 unspecified atom stereocenters. The molecular formula is C9H22F3NO. The fraction of sp³-hybridized carbons (Fsp3) is 1.00. The highest BCUT2D eigenvalue weighted by atomic mass is 19.4. The van der Waals surface area contributed by atoms with Gasteiger partial charge in [0, 0.05) is 6.54 Å². The SMILES string of the molecule is CC.CC.CCNCCOC(F)(F)F. The maximum Gasteiger partial charge on any atom is 0.522 e. The molecule has 0 rings (SSSR count). The van der Waals surface area contributed by atoms with Crippen LogP contribution in [0.15, 0.2) is 0 Å². The Morgan fingerprint density at radius 3 is 1.79 bits per heavy atom. The van der Waals surface area contributed by atoms with Gasteiger partial charge >= 0.3 is 6.36 Å². The fourth-order valence-electron chi connectivity index (χ4n) is 0.416. The summed E-state index contributed by atoms with van der Waals surface area (Å²) in [6, 6.07) is 0. The minimum atomic E-state index is -4.49. The van der Waals surface area contributed by atoms with E-state index in [1.807, 2.05) is 34.6 Å². The molecule has 0 saturated carbocycles. The van der Waals surface area contributed by atoms with Crippen LogP contribution in [0.2, 0.25) is 0 Å². The van der Waals surface area contributed by atoms with Crippen LogP contribution >= 0.6 is 0 Å². The van der Waals surface area contributed by atoms with E-state index in [0.717, 1.165) is 0 Å². The number of alkyl halides is 3. The second kappa shape index (κ2) is 15.2. The predicted octanol–water partition coefficient (Wildman–Crippen LogP) is 3.18. The number of halogens is 3. The second-order valence-electron chi connectivity index (χ2n) is 1.65. The Morgan fingerprint density at radius 1 is 1.07 bits per heavy atom. The Balaban J connectivity index is -0.000000266. The van der Waals surface area contributed by atoms with Crippen molar-refractivity contribution in [2.24, 2.45) is 0 Å². The molecular weight excluding hydrogens is 195 g/mol. The van der Waals surface area contributed by atoms with E-state index >= 15 is 0 Å². The van der Waals surface area contributed by atoms with E-state index in [-0.39, 0.29) is 13.2 Å². The predicted molar refractivity (Wildman–Crippen MR) is 53.2 cm³/mol. The first kappa shape index (κ1) is 19.3. The van der Waals surface area contributed by atoms with E-state index in [1.165, 1.54) is 0 Å². The standard InChI is InChI=1S/C5H10F3NO.2C2H6/c1-2-9-3-4-10-5(6,7)8;2*1-2/h9H,2-4H2,1H3;2*1-2H3. The zero-order valence-electron chi connectivity index (χ0n) is 9.66. The molecule has 0 spiro atoms. The number of ether oxygens (including phenoxy) is 1. The Morgan fingerprint density at radius 2 is 1.50 bits per heavy atom. The van der Waals surface area contributed by atoms with Crippen LogP contribution in [0.5, 0.6) is 0 Å². The molecule has 0 atom stereocenters. The molecule has 5 heteroatoms. The van der Waals surface area contributed by atoms with Crippen molar-refractivity contribution in [2.45, 2.75) is 41.0 Å². The summed E-state index contributed by atoms with van der Waals surface area (Å²) < 4.78 is 37.2. The lowest BCUT2D eigenvalue weighted by molar-refractivity contribution is -0.323. The van der Waals surface area contributed by atoms with Gasteiger partial charge in [0.25, 0.3) is 0 Å². The van der Waals surface area contributed by atoms with Gasteiger partial charge in [-0.2, -0.15) is 0 Å². The first-order chi connectivity index (χ1) is 6.56. The lowest BCUT2D eigenvalue weighted by atomic mass is 10.6. The van der Waals surface area contributed by atoms with Crippen molar-refractivity contribution in [1.82, 2.24) is 5.32 Å². The van der Waals surface area contributed by atoms with Crippen molar-refractivity contribution in [3.63, 3.8) is 0 Å². The zero-order chi connectivity index (χ0) is 12.0. The average Bonchev–Trinajstić information content (AvgIpc) is 2.18. The van der Waals surface area contributed by atoms with Gasteiger partial charge in [0.2, 0.25) is 0 Å². The van der Waals surface area contributed by atoms with Crippen LogP contribution < -0.4 is 5.32 Å². The smallest absolute Gasteiger partial charge is 0.315 e. The molecule has 1 N–H and O–H groups in total. The van der Waals surface area contributed by atoms with Crippen molar-refractivity contribution < 1.29 is 17.9 Å². The molecule has 0 aromatic heterocycles. The summed E-state index contributed by atoms with van der Waals surface area (Å²) in [6.45, 7) is 10.4. The summed E-state index contributed by atoms with van der Waals surface area (Å²) in [5, 5.41) is 2.70. The molecule has 0 amide bonds. The van der Waals surface area contributed by atoms with E-state index in [4.69, 9.17) is 0 Å².